The van der Waals surface area contributed by atoms with Gasteiger partial charge in [0.25, 0.3) is 0 Å². The molecular weight excluding hydrogens is 423 g/mol. The summed E-state index contributed by atoms with van der Waals surface area (Å²) in [6.07, 6.45) is 1.33. The number of aliphatic carboxylic acids is 1. The van der Waals surface area contributed by atoms with Crippen LogP contribution < -0.4 is 5.73 Å². The molecule has 6 nitrogen and oxygen atoms in total. The first-order valence-corrected chi connectivity index (χ1v) is 13.2. The number of nitrogens with zero attached hydrogens (tertiary/aromatic N) is 1. The molecule has 3 rings (SSSR count). The van der Waals surface area contributed by atoms with E-state index in [1.54, 1.807) is 0 Å². The number of carboxylic acid groups (broad SMARTS) is 1. The van der Waals surface area contributed by atoms with E-state index in [1.807, 2.05) is 17.0 Å². The van der Waals surface area contributed by atoms with Crippen LogP contribution in [0.2, 0.25) is 0 Å². The molecule has 4 N–H and O–H groups in total. The number of unbranched alkanes of at least 4 members (excludes halogenated alkanes) is 1. The molecule has 174 valence electrons. The molecule has 0 spiro atoms. The summed E-state index contributed by atoms with van der Waals surface area (Å²) < 4.78 is 13.0. The lowest BCUT2D eigenvalue weighted by molar-refractivity contribution is -0.141. The quantitative estimate of drug-likeness (QED) is 0.377. The van der Waals surface area contributed by atoms with Crippen molar-refractivity contribution in [2.24, 2.45) is 5.73 Å². The SMILES string of the molecule is CC(C)c1ccc(-c2ccccc2CN2CCP(=O)(O)C(CCCCN)(C(=O)O)C2)cc1. The van der Waals surface area contributed by atoms with Gasteiger partial charge in [-0.25, -0.2) is 0 Å². The summed E-state index contributed by atoms with van der Waals surface area (Å²) in [5.74, 6) is -0.715. The highest BCUT2D eigenvalue weighted by atomic mass is 31.2. The van der Waals surface area contributed by atoms with E-state index in [-0.39, 0.29) is 19.1 Å². The van der Waals surface area contributed by atoms with Crippen molar-refractivity contribution in [1.29, 1.82) is 0 Å². The first kappa shape index (κ1) is 24.7. The highest BCUT2D eigenvalue weighted by molar-refractivity contribution is 7.61. The first-order chi connectivity index (χ1) is 15.2. The largest absolute Gasteiger partial charge is 0.480 e. The lowest BCUT2D eigenvalue weighted by Gasteiger charge is -2.43. The van der Waals surface area contributed by atoms with Crippen LogP contribution >= 0.6 is 7.37 Å². The monoisotopic (exact) mass is 458 g/mol. The van der Waals surface area contributed by atoms with Crippen LogP contribution in [0, 0.1) is 0 Å². The van der Waals surface area contributed by atoms with Crippen LogP contribution in [-0.2, 0) is 15.9 Å². The minimum atomic E-state index is -3.83. The molecule has 1 saturated heterocycles. The van der Waals surface area contributed by atoms with Gasteiger partial charge in [0, 0.05) is 25.8 Å². The maximum absolute atomic E-state index is 13.0. The average molecular weight is 459 g/mol. The Balaban J connectivity index is 1.86. The van der Waals surface area contributed by atoms with Crippen LogP contribution in [0.4, 0.5) is 0 Å². The van der Waals surface area contributed by atoms with Gasteiger partial charge in [-0.05, 0) is 47.6 Å². The second kappa shape index (κ2) is 10.3. The molecule has 1 aliphatic heterocycles. The van der Waals surface area contributed by atoms with E-state index in [9.17, 15) is 19.4 Å². The van der Waals surface area contributed by atoms with Crippen LogP contribution in [0.25, 0.3) is 11.1 Å². The predicted molar refractivity (Wildman–Crippen MR) is 129 cm³/mol. The van der Waals surface area contributed by atoms with E-state index in [1.165, 1.54) is 5.56 Å². The zero-order chi connectivity index (χ0) is 23.4. The summed E-state index contributed by atoms with van der Waals surface area (Å²) in [6.45, 7) is 5.79. The lowest BCUT2D eigenvalue weighted by atomic mass is 9.95. The maximum atomic E-state index is 13.0. The minimum Gasteiger partial charge on any atom is -0.480 e. The standard InChI is InChI=1S/C25H35N2O4P/c1-19(2)20-9-11-21(12-10-20)23-8-4-3-7-22(23)17-27-15-16-32(30,31)25(18-27,24(28)29)13-5-6-14-26/h3-4,7-12,19H,5-6,13-18,26H2,1-2H3,(H,28,29)(H,30,31). The molecule has 2 aromatic rings. The number of rotatable bonds is 9. The van der Waals surface area contributed by atoms with Crippen LogP contribution in [-0.4, -0.2) is 51.8 Å². The molecule has 1 aliphatic rings. The van der Waals surface area contributed by atoms with Crippen molar-refractivity contribution in [2.45, 2.75) is 50.7 Å². The molecular formula is C25H35N2O4P. The second-order valence-electron chi connectivity index (χ2n) is 9.15. The fraction of sp³-hybridized carbons (Fsp3) is 0.480. The summed E-state index contributed by atoms with van der Waals surface area (Å²) in [5, 5.41) is 8.39. The van der Waals surface area contributed by atoms with Crippen LogP contribution in [0.15, 0.2) is 48.5 Å². The smallest absolute Gasteiger partial charge is 0.320 e. The van der Waals surface area contributed by atoms with Gasteiger partial charge in [0.1, 0.15) is 0 Å². The summed E-state index contributed by atoms with van der Waals surface area (Å²) in [5.41, 5.74) is 10.1. The van der Waals surface area contributed by atoms with Crippen LogP contribution in [0.3, 0.4) is 0 Å². The highest BCUT2D eigenvalue weighted by Gasteiger charge is 2.56. The van der Waals surface area contributed by atoms with Gasteiger partial charge in [0.15, 0.2) is 5.16 Å². The molecule has 0 aliphatic carbocycles. The third-order valence-electron chi connectivity index (χ3n) is 6.62. The molecule has 0 amide bonds. The van der Waals surface area contributed by atoms with Crippen molar-refractivity contribution in [3.63, 3.8) is 0 Å². The number of hydrogen-bond acceptors (Lipinski definition) is 4. The summed E-state index contributed by atoms with van der Waals surface area (Å²) in [7, 11) is -3.83. The first-order valence-electron chi connectivity index (χ1n) is 11.4. The summed E-state index contributed by atoms with van der Waals surface area (Å²) >= 11 is 0. The number of hydrogen-bond donors (Lipinski definition) is 3. The third-order valence-corrected chi connectivity index (χ3v) is 9.32. The zero-order valence-corrected chi connectivity index (χ0v) is 19.9. The van der Waals surface area contributed by atoms with Crippen molar-refractivity contribution in [3.05, 3.63) is 59.7 Å². The van der Waals surface area contributed by atoms with Gasteiger partial charge in [-0.1, -0.05) is 68.8 Å². The Morgan fingerprint density at radius 3 is 2.47 bits per heavy atom. The van der Waals surface area contributed by atoms with Gasteiger partial charge >= 0.3 is 5.97 Å². The second-order valence-corrected chi connectivity index (χ2v) is 11.9. The van der Waals surface area contributed by atoms with Crippen LogP contribution in [0.5, 0.6) is 0 Å². The third kappa shape index (κ3) is 5.15. The van der Waals surface area contributed by atoms with E-state index in [0.717, 1.165) is 16.7 Å². The Bertz CT molecular complexity index is 976. The Morgan fingerprint density at radius 2 is 1.84 bits per heavy atom. The van der Waals surface area contributed by atoms with Crippen molar-refractivity contribution in [2.75, 3.05) is 25.8 Å². The molecule has 0 aromatic heterocycles. The number of carbonyl (C=O) groups is 1. The molecule has 1 fully saturated rings. The predicted octanol–water partition coefficient (Wildman–Crippen LogP) is 4.52. The fourth-order valence-electron chi connectivity index (χ4n) is 4.55. The number of nitrogens with two attached hydrogens (primary N) is 1. The van der Waals surface area contributed by atoms with Crippen molar-refractivity contribution >= 4 is 13.3 Å². The van der Waals surface area contributed by atoms with E-state index >= 15 is 0 Å². The molecule has 32 heavy (non-hydrogen) atoms. The van der Waals surface area contributed by atoms with Crippen LogP contribution in [0.1, 0.15) is 50.2 Å². The molecule has 2 aromatic carbocycles. The van der Waals surface area contributed by atoms with Gasteiger partial charge in [-0.15, -0.1) is 0 Å². The minimum absolute atomic E-state index is 0.00677. The lowest BCUT2D eigenvalue weighted by Crippen LogP contribution is -2.53. The Labute approximate surface area is 190 Å². The Kier molecular flexibility index (Phi) is 7.94. The Hall–Kier alpha value is -1.98. The van der Waals surface area contributed by atoms with E-state index < -0.39 is 18.5 Å². The highest BCUT2D eigenvalue weighted by Crippen LogP contribution is 2.59. The Morgan fingerprint density at radius 1 is 1.16 bits per heavy atom. The van der Waals surface area contributed by atoms with E-state index in [4.69, 9.17) is 5.73 Å². The molecule has 2 atom stereocenters. The van der Waals surface area contributed by atoms with Gasteiger partial charge in [0.05, 0.1) is 0 Å². The normalized spacial score (nSPS) is 24.0. The van der Waals surface area contributed by atoms with Gasteiger partial charge < -0.3 is 15.7 Å². The van der Waals surface area contributed by atoms with Crippen molar-refractivity contribution < 1.29 is 19.4 Å². The van der Waals surface area contributed by atoms with Gasteiger partial charge in [-0.2, -0.15) is 0 Å². The molecule has 0 bridgehead atoms. The summed E-state index contributed by atoms with van der Waals surface area (Å²) in [6, 6.07) is 16.7. The number of carboxylic acids is 1. The summed E-state index contributed by atoms with van der Waals surface area (Å²) in [4.78, 5) is 24.9. The fourth-order valence-corrected chi connectivity index (χ4v) is 6.76. The van der Waals surface area contributed by atoms with Crippen molar-refractivity contribution in [3.8, 4) is 11.1 Å². The van der Waals surface area contributed by atoms with Gasteiger partial charge in [0.2, 0.25) is 7.37 Å². The van der Waals surface area contributed by atoms with Crippen molar-refractivity contribution in [1.82, 2.24) is 4.90 Å². The molecule has 1 heterocycles. The van der Waals surface area contributed by atoms with E-state index in [0.29, 0.717) is 38.4 Å². The molecule has 2 unspecified atom stereocenters. The maximum Gasteiger partial charge on any atom is 0.320 e. The molecule has 0 radical (unpaired) electrons. The molecule has 0 saturated carbocycles. The average Bonchev–Trinajstić information content (AvgIpc) is 2.76. The number of benzene rings is 2. The molecule has 7 heteroatoms. The van der Waals surface area contributed by atoms with E-state index in [2.05, 4.69) is 50.2 Å². The van der Waals surface area contributed by atoms with Gasteiger partial charge in [-0.3, -0.25) is 14.3 Å². The zero-order valence-electron chi connectivity index (χ0n) is 19.0. The topological polar surface area (TPSA) is 104 Å².